The molecule has 1 saturated carbocycles. The lowest BCUT2D eigenvalue weighted by atomic mass is 9.85. The van der Waals surface area contributed by atoms with Crippen LogP contribution >= 0.6 is 0 Å². The molecule has 4 rings (SSSR count). The molecule has 1 aliphatic heterocycles. The van der Waals surface area contributed by atoms with Gasteiger partial charge in [-0.15, -0.1) is 0 Å². The summed E-state index contributed by atoms with van der Waals surface area (Å²) < 4.78 is 10.4. The molecule has 0 aromatic heterocycles. The molecule has 28 heavy (non-hydrogen) atoms. The second kappa shape index (κ2) is 7.30. The summed E-state index contributed by atoms with van der Waals surface area (Å²) in [6, 6.07) is 5.14. The number of allylic oxidation sites excluding steroid dienone is 2. The van der Waals surface area contributed by atoms with Crippen LogP contribution in [-0.4, -0.2) is 43.4 Å². The lowest BCUT2D eigenvalue weighted by Gasteiger charge is -2.17. The molecule has 148 valence electrons. The summed E-state index contributed by atoms with van der Waals surface area (Å²) in [4.78, 5) is 38.9. The monoisotopic (exact) mass is 384 g/mol. The summed E-state index contributed by atoms with van der Waals surface area (Å²) in [6.45, 7) is 0.289. The summed E-state index contributed by atoms with van der Waals surface area (Å²) in [6.07, 6.45) is 5.73. The molecule has 0 spiro atoms. The van der Waals surface area contributed by atoms with Gasteiger partial charge in [0.25, 0.3) is 0 Å². The predicted molar refractivity (Wildman–Crippen MR) is 102 cm³/mol. The van der Waals surface area contributed by atoms with Gasteiger partial charge in [-0.3, -0.25) is 19.3 Å². The molecule has 4 atom stereocenters. The average Bonchev–Trinajstić information content (AvgIpc) is 3.38. The first kappa shape index (κ1) is 18.5. The molecule has 3 amide bonds. The Balaban J connectivity index is 1.31. The number of anilines is 1. The number of fused-ring (bicyclic) bond motifs is 5. The Hall–Kier alpha value is -2.83. The highest BCUT2D eigenvalue weighted by Gasteiger charge is 2.58. The number of hydrogen-bond donors (Lipinski definition) is 1. The third-order valence-electron chi connectivity index (χ3n) is 6.03. The maximum atomic E-state index is 12.6. The zero-order valence-electron chi connectivity index (χ0n) is 16.0. The predicted octanol–water partition coefficient (Wildman–Crippen LogP) is 2.23. The van der Waals surface area contributed by atoms with Crippen molar-refractivity contribution >= 4 is 23.4 Å². The van der Waals surface area contributed by atoms with Gasteiger partial charge < -0.3 is 14.8 Å². The first-order valence-electron chi connectivity index (χ1n) is 9.59. The van der Waals surface area contributed by atoms with E-state index in [4.69, 9.17) is 9.47 Å². The smallest absolute Gasteiger partial charge is 0.233 e. The fraction of sp³-hybridized carbons (Fsp3) is 0.476. The van der Waals surface area contributed by atoms with E-state index in [1.54, 1.807) is 25.3 Å². The van der Waals surface area contributed by atoms with Crippen LogP contribution in [-0.2, 0) is 14.4 Å². The van der Waals surface area contributed by atoms with Gasteiger partial charge in [0.2, 0.25) is 17.7 Å². The van der Waals surface area contributed by atoms with Crippen LogP contribution in [0.15, 0.2) is 30.4 Å². The quantitative estimate of drug-likeness (QED) is 0.576. The molecule has 0 radical (unpaired) electrons. The van der Waals surface area contributed by atoms with E-state index in [1.807, 2.05) is 0 Å². The molecule has 2 bridgehead atoms. The van der Waals surface area contributed by atoms with Crippen LogP contribution in [0.5, 0.6) is 11.5 Å². The molecule has 2 aliphatic carbocycles. The van der Waals surface area contributed by atoms with Gasteiger partial charge in [-0.25, -0.2) is 0 Å². The summed E-state index contributed by atoms with van der Waals surface area (Å²) in [5.74, 6) is 0.880. The van der Waals surface area contributed by atoms with Crippen LogP contribution < -0.4 is 14.8 Å². The van der Waals surface area contributed by atoms with E-state index in [0.717, 1.165) is 6.42 Å². The van der Waals surface area contributed by atoms with Gasteiger partial charge in [0.05, 0.1) is 31.7 Å². The minimum atomic E-state index is -0.190. The van der Waals surface area contributed by atoms with Gasteiger partial charge in [0.1, 0.15) is 11.5 Å². The number of nitrogens with one attached hydrogen (secondary N) is 1. The summed E-state index contributed by atoms with van der Waals surface area (Å²) >= 11 is 0. The van der Waals surface area contributed by atoms with Crippen molar-refractivity contribution in [2.45, 2.75) is 19.3 Å². The number of nitrogens with zero attached hydrogens (tertiary/aromatic N) is 1. The van der Waals surface area contributed by atoms with Crippen LogP contribution in [0.3, 0.4) is 0 Å². The highest BCUT2D eigenvalue weighted by atomic mass is 16.5. The Morgan fingerprint density at radius 2 is 1.79 bits per heavy atom. The molecule has 0 unspecified atom stereocenters. The summed E-state index contributed by atoms with van der Waals surface area (Å²) in [7, 11) is 3.08. The van der Waals surface area contributed by atoms with Crippen molar-refractivity contribution in [1.82, 2.24) is 4.90 Å². The standard InChI is InChI=1S/C21H24N2O5/c1-27-14-7-8-15(16(11-14)28-2)22-17(24)4-3-9-23-20(25)18-12-5-6-13(10-12)19(18)21(23)26/h5-8,11-13,18-19H,3-4,9-10H2,1-2H3,(H,22,24)/t12-,13-,18-,19+/m0/s1. The Morgan fingerprint density at radius 1 is 1.11 bits per heavy atom. The second-order valence-electron chi connectivity index (χ2n) is 7.55. The van der Waals surface area contributed by atoms with Crippen molar-refractivity contribution in [1.29, 1.82) is 0 Å². The van der Waals surface area contributed by atoms with Crippen molar-refractivity contribution in [3.05, 3.63) is 30.4 Å². The third-order valence-corrected chi connectivity index (χ3v) is 6.03. The van der Waals surface area contributed by atoms with E-state index in [9.17, 15) is 14.4 Å². The van der Waals surface area contributed by atoms with Gasteiger partial charge in [-0.1, -0.05) is 12.2 Å². The first-order chi connectivity index (χ1) is 13.5. The lowest BCUT2D eigenvalue weighted by Crippen LogP contribution is -2.34. The van der Waals surface area contributed by atoms with Crippen molar-refractivity contribution in [3.63, 3.8) is 0 Å². The molecule has 7 heteroatoms. The third kappa shape index (κ3) is 3.04. The highest BCUT2D eigenvalue weighted by Crippen LogP contribution is 2.52. The largest absolute Gasteiger partial charge is 0.497 e. The molecule has 1 aromatic rings. The number of ether oxygens (including phenoxy) is 2. The number of rotatable bonds is 7. The van der Waals surface area contributed by atoms with Gasteiger partial charge in [0, 0.05) is 19.0 Å². The Bertz CT molecular complexity index is 819. The topological polar surface area (TPSA) is 84.9 Å². The van der Waals surface area contributed by atoms with Gasteiger partial charge in [-0.05, 0) is 36.8 Å². The minimum absolute atomic E-state index is 0.0657. The number of methoxy groups -OCH3 is 2. The SMILES string of the molecule is COc1ccc(NC(=O)CCCN2C(=O)[C@@H]3[C@H](C2=O)[C@H]2C=C[C@H]3C2)c(OC)c1. The number of hydrogen-bond acceptors (Lipinski definition) is 5. The molecular weight excluding hydrogens is 360 g/mol. The summed E-state index contributed by atoms with van der Waals surface area (Å²) in [5, 5.41) is 2.81. The van der Waals surface area contributed by atoms with Crippen LogP contribution in [0.2, 0.25) is 0 Å². The first-order valence-corrected chi connectivity index (χ1v) is 9.59. The van der Waals surface area contributed by atoms with E-state index in [2.05, 4.69) is 17.5 Å². The Morgan fingerprint density at radius 3 is 2.39 bits per heavy atom. The molecular formula is C21H24N2O5. The maximum Gasteiger partial charge on any atom is 0.233 e. The van der Waals surface area contributed by atoms with Gasteiger partial charge in [0.15, 0.2) is 0 Å². The van der Waals surface area contributed by atoms with E-state index in [0.29, 0.717) is 23.6 Å². The fourth-order valence-electron chi connectivity index (χ4n) is 4.70. The van der Waals surface area contributed by atoms with Gasteiger partial charge >= 0.3 is 0 Å². The van der Waals surface area contributed by atoms with Gasteiger partial charge in [-0.2, -0.15) is 0 Å². The van der Waals surface area contributed by atoms with Crippen molar-refractivity contribution < 1.29 is 23.9 Å². The Labute approximate surface area is 163 Å². The lowest BCUT2D eigenvalue weighted by molar-refractivity contribution is -0.141. The zero-order valence-corrected chi connectivity index (χ0v) is 16.0. The molecule has 1 N–H and O–H groups in total. The second-order valence-corrected chi connectivity index (χ2v) is 7.55. The molecule has 1 heterocycles. The van der Waals surface area contributed by atoms with E-state index >= 15 is 0 Å². The highest BCUT2D eigenvalue weighted by molar-refractivity contribution is 6.06. The number of carbonyl (C=O) groups is 3. The van der Waals surface area contributed by atoms with Crippen molar-refractivity contribution in [2.24, 2.45) is 23.7 Å². The van der Waals surface area contributed by atoms with Crippen LogP contribution in [0.25, 0.3) is 0 Å². The van der Waals surface area contributed by atoms with Crippen LogP contribution in [0.1, 0.15) is 19.3 Å². The fourth-order valence-corrected chi connectivity index (χ4v) is 4.70. The number of imide groups is 1. The number of carbonyl (C=O) groups excluding carboxylic acids is 3. The minimum Gasteiger partial charge on any atom is -0.497 e. The average molecular weight is 384 g/mol. The van der Waals surface area contributed by atoms with Crippen molar-refractivity contribution in [3.8, 4) is 11.5 Å². The molecule has 7 nitrogen and oxygen atoms in total. The number of benzene rings is 1. The molecule has 1 saturated heterocycles. The Kier molecular flexibility index (Phi) is 4.83. The van der Waals surface area contributed by atoms with E-state index in [-0.39, 0.29) is 54.4 Å². The summed E-state index contributed by atoms with van der Waals surface area (Å²) in [5.41, 5.74) is 0.554. The number of amides is 3. The zero-order chi connectivity index (χ0) is 19.8. The van der Waals surface area contributed by atoms with Crippen LogP contribution in [0, 0.1) is 23.7 Å². The van der Waals surface area contributed by atoms with Crippen molar-refractivity contribution in [2.75, 3.05) is 26.1 Å². The van der Waals surface area contributed by atoms with E-state index < -0.39 is 0 Å². The molecule has 2 fully saturated rings. The number of likely N-dealkylation sites (tertiary alicyclic amines) is 1. The molecule has 1 aromatic carbocycles. The van der Waals surface area contributed by atoms with E-state index in [1.165, 1.54) is 12.0 Å². The normalized spacial score (nSPS) is 27.3. The maximum absolute atomic E-state index is 12.6. The molecule has 3 aliphatic rings. The van der Waals surface area contributed by atoms with Crippen LogP contribution in [0.4, 0.5) is 5.69 Å².